The first-order chi connectivity index (χ1) is 7.56. The second-order valence-electron chi connectivity index (χ2n) is 3.27. The Bertz CT molecular complexity index is 389. The highest BCUT2D eigenvalue weighted by Crippen LogP contribution is 2.31. The van der Waals surface area contributed by atoms with Gasteiger partial charge in [-0.25, -0.2) is 0 Å². The summed E-state index contributed by atoms with van der Waals surface area (Å²) in [6.45, 7) is 1.98. The lowest BCUT2D eigenvalue weighted by molar-refractivity contribution is -0.384. The van der Waals surface area contributed by atoms with E-state index in [0.29, 0.717) is 10.2 Å². The second kappa shape index (κ2) is 6.05. The molecule has 1 heterocycles. The zero-order valence-electron chi connectivity index (χ0n) is 8.94. The van der Waals surface area contributed by atoms with E-state index in [4.69, 9.17) is 0 Å². The normalized spacial score (nSPS) is 12.2. The van der Waals surface area contributed by atoms with Crippen LogP contribution in [0.3, 0.4) is 0 Å². The number of nitrogens with one attached hydrogen (secondary N) is 1. The molecule has 1 rings (SSSR count). The first kappa shape index (κ1) is 13.2. The monoisotopic (exact) mass is 305 g/mol. The summed E-state index contributed by atoms with van der Waals surface area (Å²) in [5, 5.41) is 13.9. The van der Waals surface area contributed by atoms with Crippen molar-refractivity contribution in [3.05, 3.63) is 27.0 Å². The van der Waals surface area contributed by atoms with Crippen LogP contribution in [-0.4, -0.2) is 28.0 Å². The summed E-state index contributed by atoms with van der Waals surface area (Å²) >= 11 is 4.94. The maximum absolute atomic E-state index is 10.8. The van der Waals surface area contributed by atoms with Gasteiger partial charge in [0, 0.05) is 18.0 Å². The van der Waals surface area contributed by atoms with Gasteiger partial charge in [0.2, 0.25) is 0 Å². The molecule has 88 valence electrons. The molecule has 0 amide bonds. The first-order valence-corrected chi connectivity index (χ1v) is 6.78. The predicted molar refractivity (Wildman–Crippen MR) is 70.1 cm³/mol. The van der Waals surface area contributed by atoms with Crippen molar-refractivity contribution in [2.75, 3.05) is 17.3 Å². The zero-order chi connectivity index (χ0) is 12.1. The van der Waals surface area contributed by atoms with Gasteiger partial charge in [0.25, 0.3) is 0 Å². The standard InChI is InChI=1S/C9H12BrN3O2S/c1-6(5-16-2)12-9-7(10)3-11-4-8(9)13(14)15/h3-4,6H,5H2,1-2H3,(H,11,12). The van der Waals surface area contributed by atoms with Crippen LogP contribution >= 0.6 is 27.7 Å². The van der Waals surface area contributed by atoms with E-state index < -0.39 is 4.92 Å². The number of pyridine rings is 1. The minimum absolute atomic E-state index is 0.0117. The zero-order valence-corrected chi connectivity index (χ0v) is 11.3. The van der Waals surface area contributed by atoms with Gasteiger partial charge in [-0.05, 0) is 29.1 Å². The molecule has 0 fully saturated rings. The topological polar surface area (TPSA) is 68.1 Å². The van der Waals surface area contributed by atoms with Gasteiger partial charge in [-0.15, -0.1) is 0 Å². The fourth-order valence-electron chi connectivity index (χ4n) is 1.24. The van der Waals surface area contributed by atoms with Crippen molar-refractivity contribution in [2.45, 2.75) is 13.0 Å². The number of rotatable bonds is 5. The quantitative estimate of drug-likeness (QED) is 0.669. The van der Waals surface area contributed by atoms with Crippen LogP contribution in [0.4, 0.5) is 11.4 Å². The molecule has 0 aromatic carbocycles. The van der Waals surface area contributed by atoms with Gasteiger partial charge >= 0.3 is 5.69 Å². The van der Waals surface area contributed by atoms with Crippen molar-refractivity contribution in [1.29, 1.82) is 0 Å². The van der Waals surface area contributed by atoms with Gasteiger partial charge in [0.15, 0.2) is 0 Å². The number of thioether (sulfide) groups is 1. The molecule has 1 atom stereocenters. The maximum atomic E-state index is 10.8. The minimum atomic E-state index is -0.439. The fraction of sp³-hybridized carbons (Fsp3) is 0.444. The van der Waals surface area contributed by atoms with Crippen LogP contribution in [0.2, 0.25) is 0 Å². The Balaban J connectivity index is 2.97. The Kier molecular flexibility index (Phi) is 5.01. The molecular formula is C9H12BrN3O2S. The van der Waals surface area contributed by atoms with E-state index in [2.05, 4.69) is 26.2 Å². The summed E-state index contributed by atoms with van der Waals surface area (Å²) in [6, 6.07) is 0.160. The molecular weight excluding hydrogens is 294 g/mol. The highest BCUT2D eigenvalue weighted by Gasteiger charge is 2.18. The molecule has 5 nitrogen and oxygen atoms in total. The molecule has 0 bridgehead atoms. The Morgan fingerprint density at radius 3 is 2.94 bits per heavy atom. The van der Waals surface area contributed by atoms with Gasteiger partial charge in [-0.3, -0.25) is 15.1 Å². The number of anilines is 1. The number of hydrogen-bond acceptors (Lipinski definition) is 5. The lowest BCUT2D eigenvalue weighted by Gasteiger charge is -2.14. The maximum Gasteiger partial charge on any atom is 0.311 e. The minimum Gasteiger partial charge on any atom is -0.375 e. The van der Waals surface area contributed by atoms with Crippen molar-refractivity contribution in [3.63, 3.8) is 0 Å². The van der Waals surface area contributed by atoms with E-state index in [1.165, 1.54) is 6.20 Å². The van der Waals surface area contributed by atoms with Crippen molar-refractivity contribution in [1.82, 2.24) is 4.98 Å². The Morgan fingerprint density at radius 1 is 1.69 bits per heavy atom. The van der Waals surface area contributed by atoms with E-state index in [0.717, 1.165) is 5.75 Å². The number of nitrogens with zero attached hydrogens (tertiary/aromatic N) is 2. The molecule has 7 heteroatoms. The summed E-state index contributed by atoms with van der Waals surface area (Å²) in [5.41, 5.74) is 0.476. The smallest absolute Gasteiger partial charge is 0.311 e. The van der Waals surface area contributed by atoms with Crippen LogP contribution in [-0.2, 0) is 0 Å². The molecule has 1 aromatic rings. The summed E-state index contributed by atoms with van der Waals surface area (Å²) < 4.78 is 0.606. The third kappa shape index (κ3) is 3.34. The molecule has 0 aliphatic heterocycles. The Hall–Kier alpha value is -0.820. The van der Waals surface area contributed by atoms with Gasteiger partial charge in [-0.2, -0.15) is 11.8 Å². The summed E-state index contributed by atoms with van der Waals surface area (Å²) in [5.74, 6) is 0.881. The summed E-state index contributed by atoms with van der Waals surface area (Å²) in [4.78, 5) is 14.2. The molecule has 0 aliphatic carbocycles. The third-order valence-corrected chi connectivity index (χ3v) is 3.32. The third-order valence-electron chi connectivity index (χ3n) is 1.88. The van der Waals surface area contributed by atoms with E-state index >= 15 is 0 Å². The Labute approximate surface area is 106 Å². The second-order valence-corrected chi connectivity index (χ2v) is 5.04. The molecule has 0 radical (unpaired) electrons. The van der Waals surface area contributed by atoms with E-state index in [-0.39, 0.29) is 11.7 Å². The van der Waals surface area contributed by atoms with Gasteiger partial charge in [0.1, 0.15) is 11.9 Å². The molecule has 1 aromatic heterocycles. The highest BCUT2D eigenvalue weighted by molar-refractivity contribution is 9.10. The highest BCUT2D eigenvalue weighted by atomic mass is 79.9. The van der Waals surface area contributed by atoms with Gasteiger partial charge < -0.3 is 5.32 Å². The fourth-order valence-corrected chi connectivity index (χ4v) is 2.26. The largest absolute Gasteiger partial charge is 0.375 e. The first-order valence-electron chi connectivity index (χ1n) is 4.59. The van der Waals surface area contributed by atoms with Crippen molar-refractivity contribution in [3.8, 4) is 0 Å². The van der Waals surface area contributed by atoms with Crippen LogP contribution in [0.15, 0.2) is 16.9 Å². The molecule has 1 unspecified atom stereocenters. The molecule has 0 spiro atoms. The SMILES string of the molecule is CSCC(C)Nc1c(Br)cncc1[N+](=O)[O-]. The van der Waals surface area contributed by atoms with Crippen molar-refractivity contribution in [2.24, 2.45) is 0 Å². The van der Waals surface area contributed by atoms with Crippen molar-refractivity contribution < 1.29 is 4.92 Å². The molecule has 0 aliphatic rings. The van der Waals surface area contributed by atoms with Crippen LogP contribution in [0.5, 0.6) is 0 Å². The van der Waals surface area contributed by atoms with Crippen LogP contribution in [0.1, 0.15) is 6.92 Å². The van der Waals surface area contributed by atoms with Crippen LogP contribution < -0.4 is 5.32 Å². The lowest BCUT2D eigenvalue weighted by atomic mass is 10.3. The van der Waals surface area contributed by atoms with Crippen LogP contribution in [0, 0.1) is 10.1 Å². The van der Waals surface area contributed by atoms with Crippen LogP contribution in [0.25, 0.3) is 0 Å². The predicted octanol–water partition coefficient (Wildman–Crippen LogP) is 2.92. The number of nitro groups is 1. The lowest BCUT2D eigenvalue weighted by Crippen LogP contribution is -2.19. The summed E-state index contributed by atoms with van der Waals surface area (Å²) in [6.07, 6.45) is 4.79. The number of hydrogen-bond donors (Lipinski definition) is 1. The average molecular weight is 306 g/mol. The van der Waals surface area contributed by atoms with Gasteiger partial charge in [-0.1, -0.05) is 0 Å². The van der Waals surface area contributed by atoms with E-state index in [9.17, 15) is 10.1 Å². The van der Waals surface area contributed by atoms with E-state index in [1.54, 1.807) is 18.0 Å². The van der Waals surface area contributed by atoms with Gasteiger partial charge in [0.05, 0.1) is 9.40 Å². The molecule has 1 N–H and O–H groups in total. The molecule has 0 saturated carbocycles. The average Bonchev–Trinajstić information content (AvgIpc) is 2.21. The molecule has 0 saturated heterocycles. The number of halogens is 1. The Morgan fingerprint density at radius 2 is 2.38 bits per heavy atom. The summed E-state index contributed by atoms with van der Waals surface area (Å²) in [7, 11) is 0. The van der Waals surface area contributed by atoms with Crippen molar-refractivity contribution >= 4 is 39.1 Å². The number of aromatic nitrogens is 1. The van der Waals surface area contributed by atoms with E-state index in [1.807, 2.05) is 13.2 Å². The molecule has 16 heavy (non-hydrogen) atoms.